The molecule has 0 unspecified atom stereocenters. The zero-order valence-corrected chi connectivity index (χ0v) is 20.9. The Morgan fingerprint density at radius 3 is 2.18 bits per heavy atom. The SMILES string of the molecule is O=C(c1ccc(Cl)cc1)[C@@H]1[C@@H](c2ccc3ccccc3n2)[C@@]12c1ccccc1-c1nc3ccccc3nc12. The van der Waals surface area contributed by atoms with Crippen LogP contribution >= 0.6 is 11.6 Å². The van der Waals surface area contributed by atoms with Crippen LogP contribution in [0.3, 0.4) is 0 Å². The minimum atomic E-state index is -0.644. The molecular weight excluding hydrogens is 490 g/mol. The first-order chi connectivity index (χ1) is 18.7. The number of carbonyl (C=O) groups is 1. The molecule has 6 aromatic rings. The molecule has 0 saturated heterocycles. The fraction of sp³-hybridized carbons (Fsp3) is 0.0909. The molecule has 4 aromatic carbocycles. The van der Waals surface area contributed by atoms with Crippen molar-refractivity contribution in [1.29, 1.82) is 0 Å². The molecular formula is C33H20ClN3O. The van der Waals surface area contributed by atoms with Crippen molar-refractivity contribution in [2.24, 2.45) is 5.92 Å². The van der Waals surface area contributed by atoms with Crippen LogP contribution in [-0.2, 0) is 5.41 Å². The van der Waals surface area contributed by atoms with Crippen LogP contribution in [0.4, 0.5) is 0 Å². The summed E-state index contributed by atoms with van der Waals surface area (Å²) < 4.78 is 0. The van der Waals surface area contributed by atoms with E-state index in [4.69, 9.17) is 26.6 Å². The van der Waals surface area contributed by atoms with Crippen molar-refractivity contribution in [2.75, 3.05) is 0 Å². The minimum absolute atomic E-state index is 0.0687. The molecule has 2 aliphatic carbocycles. The molecule has 180 valence electrons. The van der Waals surface area contributed by atoms with Crippen molar-refractivity contribution in [1.82, 2.24) is 15.0 Å². The first kappa shape index (κ1) is 21.7. The molecule has 1 saturated carbocycles. The number of ketones is 1. The molecule has 8 rings (SSSR count). The number of aromatic nitrogens is 3. The molecule has 2 heterocycles. The van der Waals surface area contributed by atoms with E-state index in [0.29, 0.717) is 10.6 Å². The highest BCUT2D eigenvalue weighted by Gasteiger charge is 2.74. The van der Waals surface area contributed by atoms with Crippen LogP contribution < -0.4 is 0 Å². The Labute approximate surface area is 224 Å². The number of hydrogen-bond donors (Lipinski definition) is 0. The molecule has 0 amide bonds. The van der Waals surface area contributed by atoms with Gasteiger partial charge in [-0.2, -0.15) is 0 Å². The lowest BCUT2D eigenvalue weighted by Crippen LogP contribution is -2.16. The number of fused-ring (bicyclic) bond motifs is 7. The zero-order valence-electron chi connectivity index (χ0n) is 20.2. The summed E-state index contributed by atoms with van der Waals surface area (Å²) in [6.45, 7) is 0. The third kappa shape index (κ3) is 2.86. The predicted octanol–water partition coefficient (Wildman–Crippen LogP) is 7.39. The normalized spacial score (nSPS) is 21.0. The van der Waals surface area contributed by atoms with Crippen molar-refractivity contribution >= 4 is 39.3 Å². The van der Waals surface area contributed by atoms with E-state index < -0.39 is 5.41 Å². The molecule has 0 radical (unpaired) electrons. The van der Waals surface area contributed by atoms with Crippen LogP contribution in [0, 0.1) is 5.92 Å². The Hall–Kier alpha value is -4.41. The maximum Gasteiger partial charge on any atom is 0.167 e. The van der Waals surface area contributed by atoms with E-state index in [-0.39, 0.29) is 17.6 Å². The second-order valence-corrected chi connectivity index (χ2v) is 10.5. The van der Waals surface area contributed by atoms with Crippen molar-refractivity contribution in [3.05, 3.63) is 137 Å². The van der Waals surface area contributed by atoms with Crippen LogP contribution in [0.2, 0.25) is 5.02 Å². The highest BCUT2D eigenvalue weighted by molar-refractivity contribution is 6.30. The molecule has 38 heavy (non-hydrogen) atoms. The number of carbonyl (C=O) groups excluding carboxylic acids is 1. The van der Waals surface area contributed by atoms with Gasteiger partial charge in [0.15, 0.2) is 5.78 Å². The summed E-state index contributed by atoms with van der Waals surface area (Å²) in [6, 6.07) is 35.7. The lowest BCUT2D eigenvalue weighted by molar-refractivity contribution is 0.0958. The van der Waals surface area contributed by atoms with Gasteiger partial charge in [0.1, 0.15) is 0 Å². The zero-order chi connectivity index (χ0) is 25.4. The highest BCUT2D eigenvalue weighted by Crippen LogP contribution is 2.74. The van der Waals surface area contributed by atoms with E-state index in [0.717, 1.165) is 50.1 Å². The number of halogens is 1. The van der Waals surface area contributed by atoms with Gasteiger partial charge in [0.25, 0.3) is 0 Å². The van der Waals surface area contributed by atoms with E-state index in [2.05, 4.69) is 30.3 Å². The molecule has 5 heteroatoms. The minimum Gasteiger partial charge on any atom is -0.294 e. The molecule has 4 nitrogen and oxygen atoms in total. The number of hydrogen-bond acceptors (Lipinski definition) is 4. The van der Waals surface area contributed by atoms with Gasteiger partial charge in [0.2, 0.25) is 0 Å². The number of benzene rings is 4. The van der Waals surface area contributed by atoms with E-state index in [9.17, 15) is 4.79 Å². The van der Waals surface area contributed by atoms with Gasteiger partial charge in [-0.1, -0.05) is 72.3 Å². The second-order valence-electron chi connectivity index (χ2n) is 10.1. The summed E-state index contributed by atoms with van der Waals surface area (Å²) in [7, 11) is 0. The van der Waals surface area contributed by atoms with Gasteiger partial charge in [-0.15, -0.1) is 0 Å². The molecule has 0 bridgehead atoms. The van der Waals surface area contributed by atoms with E-state index in [1.54, 1.807) is 12.1 Å². The fourth-order valence-corrected chi connectivity index (χ4v) is 6.61. The second kappa shape index (κ2) is 7.80. The number of rotatable bonds is 3. The summed E-state index contributed by atoms with van der Waals surface area (Å²) in [5.74, 6) is -0.470. The fourth-order valence-electron chi connectivity index (χ4n) is 6.48. The quantitative estimate of drug-likeness (QED) is 0.233. The first-order valence-corrected chi connectivity index (χ1v) is 13.1. The number of Topliss-reactive ketones (excluding diaryl/α,β-unsaturated/α-hetero) is 1. The van der Waals surface area contributed by atoms with Crippen LogP contribution in [0.25, 0.3) is 33.2 Å². The van der Waals surface area contributed by atoms with Crippen molar-refractivity contribution in [3.8, 4) is 11.3 Å². The molecule has 3 atom stereocenters. The predicted molar refractivity (Wildman–Crippen MR) is 150 cm³/mol. The van der Waals surface area contributed by atoms with Crippen molar-refractivity contribution in [3.63, 3.8) is 0 Å². The molecule has 2 aliphatic rings. The molecule has 1 fully saturated rings. The Morgan fingerprint density at radius 1 is 0.684 bits per heavy atom. The Kier molecular flexibility index (Phi) is 4.44. The van der Waals surface area contributed by atoms with Crippen LogP contribution in [0.15, 0.2) is 109 Å². The molecule has 0 N–H and O–H groups in total. The summed E-state index contributed by atoms with van der Waals surface area (Å²) in [4.78, 5) is 29.7. The van der Waals surface area contributed by atoms with Gasteiger partial charge < -0.3 is 0 Å². The van der Waals surface area contributed by atoms with Crippen LogP contribution in [0.1, 0.15) is 33.2 Å². The Morgan fingerprint density at radius 2 is 1.37 bits per heavy atom. The van der Waals surface area contributed by atoms with Gasteiger partial charge in [-0.3, -0.25) is 9.78 Å². The van der Waals surface area contributed by atoms with E-state index >= 15 is 0 Å². The topological polar surface area (TPSA) is 55.7 Å². The largest absolute Gasteiger partial charge is 0.294 e. The summed E-state index contributed by atoms with van der Waals surface area (Å²) in [5, 5.41) is 1.68. The number of pyridine rings is 1. The van der Waals surface area contributed by atoms with Crippen molar-refractivity contribution in [2.45, 2.75) is 11.3 Å². The first-order valence-electron chi connectivity index (χ1n) is 12.7. The monoisotopic (exact) mass is 509 g/mol. The van der Waals surface area contributed by atoms with Gasteiger partial charge in [0.05, 0.1) is 33.4 Å². The molecule has 2 aromatic heterocycles. The highest BCUT2D eigenvalue weighted by atomic mass is 35.5. The summed E-state index contributed by atoms with van der Waals surface area (Å²) in [5.41, 5.74) is 7.34. The lowest BCUT2D eigenvalue weighted by atomic mass is 9.89. The average Bonchev–Trinajstić information content (AvgIpc) is 3.59. The standard InChI is InChI=1S/C33H20ClN3O/c34-21-16-13-20(14-17-21)31(38)29-28(27-18-15-19-7-1-4-10-24(19)35-27)33(29)23-9-3-2-8-22(23)30-32(33)37-26-12-6-5-11-25(26)36-30/h1-18,28-29H/t28-,29+,33+/m1/s1. The van der Waals surface area contributed by atoms with Crippen LogP contribution in [-0.4, -0.2) is 20.7 Å². The number of nitrogens with zero attached hydrogens (tertiary/aromatic N) is 3. The van der Waals surface area contributed by atoms with Crippen LogP contribution in [0.5, 0.6) is 0 Å². The Balaban J connectivity index is 1.41. The van der Waals surface area contributed by atoms with Gasteiger partial charge in [0, 0.05) is 39.1 Å². The lowest BCUT2D eigenvalue weighted by Gasteiger charge is -2.14. The van der Waals surface area contributed by atoms with E-state index in [1.165, 1.54) is 0 Å². The third-order valence-corrected chi connectivity index (χ3v) is 8.40. The third-order valence-electron chi connectivity index (χ3n) is 8.15. The maximum absolute atomic E-state index is 14.3. The van der Waals surface area contributed by atoms with Gasteiger partial charge >= 0.3 is 0 Å². The Bertz CT molecular complexity index is 1930. The molecule has 0 aliphatic heterocycles. The van der Waals surface area contributed by atoms with Crippen molar-refractivity contribution < 1.29 is 4.79 Å². The summed E-state index contributed by atoms with van der Waals surface area (Å²) in [6.07, 6.45) is 0. The number of para-hydroxylation sites is 3. The molecule has 1 spiro atoms. The van der Waals surface area contributed by atoms with Gasteiger partial charge in [-0.25, -0.2) is 9.97 Å². The van der Waals surface area contributed by atoms with E-state index in [1.807, 2.05) is 66.7 Å². The average molecular weight is 510 g/mol. The maximum atomic E-state index is 14.3. The smallest absolute Gasteiger partial charge is 0.167 e. The summed E-state index contributed by atoms with van der Waals surface area (Å²) >= 11 is 6.16. The van der Waals surface area contributed by atoms with Gasteiger partial charge in [-0.05, 0) is 54.1 Å².